The highest BCUT2D eigenvalue weighted by molar-refractivity contribution is 7.13. The van der Waals surface area contributed by atoms with Crippen LogP contribution in [0.1, 0.15) is 40.2 Å². The number of rotatable bonds is 4. The number of amides is 1. The fraction of sp³-hybridized carbons (Fsp3) is 0.737. The molecule has 3 saturated heterocycles. The van der Waals surface area contributed by atoms with Crippen LogP contribution in [0.15, 0.2) is 12.1 Å². The fourth-order valence-electron chi connectivity index (χ4n) is 4.03. The Labute approximate surface area is 153 Å². The van der Waals surface area contributed by atoms with Gasteiger partial charge in [0.05, 0.1) is 24.1 Å². The molecule has 1 aromatic heterocycles. The van der Waals surface area contributed by atoms with Gasteiger partial charge in [-0.15, -0.1) is 11.3 Å². The largest absolute Gasteiger partial charge is 0.381 e. The van der Waals surface area contributed by atoms with Crippen molar-refractivity contribution in [3.05, 3.63) is 21.9 Å². The van der Waals surface area contributed by atoms with Crippen molar-refractivity contribution in [2.45, 2.75) is 44.3 Å². The van der Waals surface area contributed by atoms with E-state index in [1.807, 2.05) is 24.0 Å². The first-order valence-electron chi connectivity index (χ1n) is 9.33. The van der Waals surface area contributed by atoms with E-state index in [4.69, 9.17) is 14.2 Å². The van der Waals surface area contributed by atoms with Crippen LogP contribution in [0, 0.1) is 12.8 Å². The Kier molecular flexibility index (Phi) is 5.13. The van der Waals surface area contributed by atoms with Crippen molar-refractivity contribution in [3.63, 3.8) is 0 Å². The second-order valence-electron chi connectivity index (χ2n) is 7.61. The maximum absolute atomic E-state index is 12.5. The third-order valence-corrected chi connectivity index (χ3v) is 6.54. The van der Waals surface area contributed by atoms with E-state index < -0.39 is 0 Å². The molecule has 4 heterocycles. The summed E-state index contributed by atoms with van der Waals surface area (Å²) in [7, 11) is 0. The summed E-state index contributed by atoms with van der Waals surface area (Å²) >= 11 is 1.57. The van der Waals surface area contributed by atoms with Gasteiger partial charge in [0.25, 0.3) is 5.91 Å². The Morgan fingerprint density at radius 3 is 2.80 bits per heavy atom. The predicted octanol–water partition coefficient (Wildman–Crippen LogP) is 2.87. The lowest BCUT2D eigenvalue weighted by Crippen LogP contribution is -2.67. The Balaban J connectivity index is 1.26. The molecule has 3 aliphatic heterocycles. The van der Waals surface area contributed by atoms with Gasteiger partial charge in [0.2, 0.25) is 0 Å². The van der Waals surface area contributed by atoms with E-state index in [1.165, 1.54) is 4.88 Å². The molecule has 6 heteroatoms. The summed E-state index contributed by atoms with van der Waals surface area (Å²) in [4.78, 5) is 16.4. The minimum absolute atomic E-state index is 0.137. The minimum atomic E-state index is -0.180. The average molecular weight is 365 g/mol. The highest BCUT2D eigenvalue weighted by Crippen LogP contribution is 2.37. The van der Waals surface area contributed by atoms with Crippen LogP contribution in [0.4, 0.5) is 0 Å². The van der Waals surface area contributed by atoms with E-state index in [1.54, 1.807) is 11.3 Å². The highest BCUT2D eigenvalue weighted by Gasteiger charge is 2.49. The third kappa shape index (κ3) is 3.92. The molecule has 3 fully saturated rings. The van der Waals surface area contributed by atoms with Crippen molar-refractivity contribution in [2.75, 3.05) is 39.5 Å². The van der Waals surface area contributed by atoms with Crippen LogP contribution in [0.5, 0.6) is 0 Å². The zero-order valence-electron chi connectivity index (χ0n) is 14.9. The Morgan fingerprint density at radius 1 is 1.28 bits per heavy atom. The number of hydrogen-bond acceptors (Lipinski definition) is 5. The molecule has 5 nitrogen and oxygen atoms in total. The van der Waals surface area contributed by atoms with Crippen molar-refractivity contribution in [1.29, 1.82) is 0 Å². The van der Waals surface area contributed by atoms with Gasteiger partial charge in [0.15, 0.2) is 0 Å². The second kappa shape index (κ2) is 7.35. The van der Waals surface area contributed by atoms with E-state index in [-0.39, 0.29) is 17.6 Å². The van der Waals surface area contributed by atoms with Crippen LogP contribution in [0.25, 0.3) is 0 Å². The lowest BCUT2D eigenvalue weighted by molar-refractivity contribution is -0.188. The molecule has 1 amide bonds. The Morgan fingerprint density at radius 2 is 2.08 bits per heavy atom. The number of ether oxygens (including phenoxy) is 3. The third-order valence-electron chi connectivity index (χ3n) is 5.55. The first-order chi connectivity index (χ1) is 12.1. The molecule has 0 N–H and O–H groups in total. The van der Waals surface area contributed by atoms with Gasteiger partial charge in [-0.2, -0.15) is 0 Å². The number of thiophene rings is 1. The predicted molar refractivity (Wildman–Crippen MR) is 96.2 cm³/mol. The van der Waals surface area contributed by atoms with E-state index in [9.17, 15) is 4.79 Å². The number of likely N-dealkylation sites (tertiary alicyclic amines) is 1. The molecule has 0 unspecified atom stereocenters. The second-order valence-corrected chi connectivity index (χ2v) is 8.89. The normalized spacial score (nSPS) is 26.6. The first kappa shape index (κ1) is 17.5. The zero-order chi connectivity index (χ0) is 17.3. The molecule has 1 atom stereocenters. The molecule has 0 aromatic carbocycles. The Hall–Kier alpha value is -0.950. The minimum Gasteiger partial charge on any atom is -0.381 e. The van der Waals surface area contributed by atoms with Gasteiger partial charge in [0.1, 0.15) is 5.60 Å². The SMILES string of the molecule is Cc1ccc(C(=O)N2CC3(C[C@H](OCC4CCOCC4)CCO3)C2)s1. The monoisotopic (exact) mass is 365 g/mol. The smallest absolute Gasteiger partial charge is 0.264 e. The number of nitrogens with zero attached hydrogens (tertiary/aromatic N) is 1. The molecule has 0 bridgehead atoms. The summed E-state index contributed by atoms with van der Waals surface area (Å²) < 4.78 is 17.7. The lowest BCUT2D eigenvalue weighted by atomic mass is 9.84. The average Bonchev–Trinajstić information content (AvgIpc) is 3.05. The van der Waals surface area contributed by atoms with E-state index in [2.05, 4.69) is 0 Å². The summed E-state index contributed by atoms with van der Waals surface area (Å²) in [5.74, 6) is 0.770. The van der Waals surface area contributed by atoms with Crippen LogP contribution in [0.3, 0.4) is 0 Å². The van der Waals surface area contributed by atoms with Crippen molar-refractivity contribution in [3.8, 4) is 0 Å². The molecule has 3 aliphatic rings. The number of aryl methyl sites for hydroxylation is 1. The molecule has 0 aliphatic carbocycles. The molecule has 138 valence electrons. The topological polar surface area (TPSA) is 48.0 Å². The fourth-order valence-corrected chi connectivity index (χ4v) is 4.86. The molecule has 0 saturated carbocycles. The summed E-state index contributed by atoms with van der Waals surface area (Å²) in [6.45, 7) is 6.72. The zero-order valence-corrected chi connectivity index (χ0v) is 15.7. The van der Waals surface area contributed by atoms with Crippen LogP contribution < -0.4 is 0 Å². The Bertz CT molecular complexity index is 604. The highest BCUT2D eigenvalue weighted by atomic mass is 32.1. The quantitative estimate of drug-likeness (QED) is 0.823. The first-order valence-corrected chi connectivity index (χ1v) is 10.1. The maximum atomic E-state index is 12.5. The van der Waals surface area contributed by atoms with E-state index in [0.717, 1.165) is 57.0 Å². The van der Waals surface area contributed by atoms with Gasteiger partial charge in [-0.1, -0.05) is 0 Å². The van der Waals surface area contributed by atoms with Crippen molar-refractivity contribution >= 4 is 17.2 Å². The maximum Gasteiger partial charge on any atom is 0.264 e. The van der Waals surface area contributed by atoms with Gasteiger partial charge in [-0.25, -0.2) is 0 Å². The molecule has 0 radical (unpaired) electrons. The number of carbonyl (C=O) groups excluding carboxylic acids is 1. The molecular formula is C19H27NO4S. The summed E-state index contributed by atoms with van der Waals surface area (Å²) in [5, 5.41) is 0. The van der Waals surface area contributed by atoms with E-state index in [0.29, 0.717) is 19.0 Å². The van der Waals surface area contributed by atoms with Gasteiger partial charge >= 0.3 is 0 Å². The molecule has 1 spiro atoms. The van der Waals surface area contributed by atoms with Gasteiger partial charge < -0.3 is 19.1 Å². The lowest BCUT2D eigenvalue weighted by Gasteiger charge is -2.53. The van der Waals surface area contributed by atoms with Crippen molar-refractivity contribution in [2.24, 2.45) is 5.92 Å². The van der Waals surface area contributed by atoms with Crippen molar-refractivity contribution in [1.82, 2.24) is 4.90 Å². The van der Waals surface area contributed by atoms with Crippen LogP contribution in [-0.2, 0) is 14.2 Å². The molecule has 25 heavy (non-hydrogen) atoms. The molecule has 1 aromatic rings. The van der Waals surface area contributed by atoms with Crippen molar-refractivity contribution < 1.29 is 19.0 Å². The van der Waals surface area contributed by atoms with Crippen LogP contribution in [-0.4, -0.2) is 62.0 Å². The molecule has 4 rings (SSSR count). The van der Waals surface area contributed by atoms with Crippen LogP contribution in [0.2, 0.25) is 0 Å². The van der Waals surface area contributed by atoms with E-state index >= 15 is 0 Å². The standard InChI is InChI=1S/C19H27NO4S/c1-14-2-3-17(25-14)18(21)20-12-19(13-20)10-16(6-9-24-19)23-11-15-4-7-22-8-5-15/h2-3,15-16H,4-13H2,1H3/t16-/m1/s1. The number of hydrogen-bond donors (Lipinski definition) is 0. The number of carbonyl (C=O) groups is 1. The summed E-state index contributed by atoms with van der Waals surface area (Å²) in [5.41, 5.74) is -0.180. The summed E-state index contributed by atoms with van der Waals surface area (Å²) in [6, 6.07) is 3.93. The molecular weight excluding hydrogens is 338 g/mol. The van der Waals surface area contributed by atoms with Crippen LogP contribution >= 0.6 is 11.3 Å². The summed E-state index contributed by atoms with van der Waals surface area (Å²) in [6.07, 6.45) is 4.35. The van der Waals surface area contributed by atoms with Gasteiger partial charge in [0, 0.05) is 37.7 Å². The van der Waals surface area contributed by atoms with Gasteiger partial charge in [-0.05, 0) is 44.2 Å². The van der Waals surface area contributed by atoms with Gasteiger partial charge in [-0.3, -0.25) is 4.79 Å².